The van der Waals surface area contributed by atoms with Gasteiger partial charge in [0.2, 0.25) is 0 Å². The molecule has 1 unspecified atom stereocenters. The Kier molecular flexibility index (Phi) is 57.8. The van der Waals surface area contributed by atoms with Crippen LogP contribution in [0.2, 0.25) is 0 Å². The molecule has 6 heteroatoms. The minimum absolute atomic E-state index is 0.0900. The highest BCUT2D eigenvalue weighted by molar-refractivity contribution is 5.71. The summed E-state index contributed by atoms with van der Waals surface area (Å²) in [4.78, 5) is 38.2. The van der Waals surface area contributed by atoms with Gasteiger partial charge in [-0.25, -0.2) is 0 Å². The van der Waals surface area contributed by atoms with Crippen molar-refractivity contribution in [2.45, 2.75) is 297 Å². The summed E-state index contributed by atoms with van der Waals surface area (Å²) in [7, 11) is 0. The highest BCUT2D eigenvalue weighted by Gasteiger charge is 2.19. The van der Waals surface area contributed by atoms with Gasteiger partial charge in [-0.05, 0) is 116 Å². The van der Waals surface area contributed by atoms with E-state index in [1.54, 1.807) is 0 Å². The summed E-state index contributed by atoms with van der Waals surface area (Å²) in [6.07, 6.45) is 81.3. The second-order valence-electron chi connectivity index (χ2n) is 20.2. The molecule has 0 rings (SSSR count). The summed E-state index contributed by atoms with van der Waals surface area (Å²) < 4.78 is 16.9. The van der Waals surface area contributed by atoms with E-state index in [1.807, 2.05) is 0 Å². The van der Waals surface area contributed by atoms with Crippen molar-refractivity contribution < 1.29 is 28.6 Å². The number of carbonyl (C=O) groups is 3. The third kappa shape index (κ3) is 59.1. The van der Waals surface area contributed by atoms with Gasteiger partial charge in [0.25, 0.3) is 0 Å². The summed E-state index contributed by atoms with van der Waals surface area (Å²) in [6.45, 7) is 6.44. The zero-order valence-corrected chi connectivity index (χ0v) is 47.9. The lowest BCUT2D eigenvalue weighted by molar-refractivity contribution is -0.167. The fourth-order valence-corrected chi connectivity index (χ4v) is 8.44. The van der Waals surface area contributed by atoms with E-state index in [-0.39, 0.29) is 31.1 Å². The van der Waals surface area contributed by atoms with Gasteiger partial charge >= 0.3 is 17.9 Å². The van der Waals surface area contributed by atoms with Crippen molar-refractivity contribution in [3.05, 3.63) is 97.2 Å². The molecule has 0 aliphatic carbocycles. The lowest BCUT2D eigenvalue weighted by Crippen LogP contribution is -2.30. The van der Waals surface area contributed by atoms with Crippen LogP contribution in [0, 0.1) is 0 Å². The smallest absolute Gasteiger partial charge is 0.306 e. The normalized spacial score (nSPS) is 12.8. The predicted octanol–water partition coefficient (Wildman–Crippen LogP) is 20.9. The average molecular weight is 1020 g/mol. The fraction of sp³-hybridized carbons (Fsp3) is 0.716. The van der Waals surface area contributed by atoms with Crippen LogP contribution in [0.15, 0.2) is 97.2 Å². The highest BCUT2D eigenvalue weighted by Crippen LogP contribution is 2.15. The molecule has 0 fully saturated rings. The first-order chi connectivity index (χ1) is 36.0. The zero-order valence-electron chi connectivity index (χ0n) is 47.9. The van der Waals surface area contributed by atoms with Crippen molar-refractivity contribution in [3.8, 4) is 0 Å². The zero-order chi connectivity index (χ0) is 52.9. The van der Waals surface area contributed by atoms with Crippen molar-refractivity contribution in [1.82, 2.24) is 0 Å². The topological polar surface area (TPSA) is 78.9 Å². The first-order valence-electron chi connectivity index (χ1n) is 30.7. The van der Waals surface area contributed by atoms with Crippen LogP contribution in [0.25, 0.3) is 0 Å². The van der Waals surface area contributed by atoms with E-state index in [1.165, 1.54) is 109 Å². The Morgan fingerprint density at radius 2 is 0.562 bits per heavy atom. The van der Waals surface area contributed by atoms with Crippen LogP contribution in [0.4, 0.5) is 0 Å². The molecule has 0 aromatic carbocycles. The molecule has 73 heavy (non-hydrogen) atoms. The number of rotatable bonds is 55. The van der Waals surface area contributed by atoms with E-state index in [2.05, 4.69) is 118 Å². The molecule has 0 radical (unpaired) electrons. The van der Waals surface area contributed by atoms with E-state index >= 15 is 0 Å². The quantitative estimate of drug-likeness (QED) is 0.0261. The van der Waals surface area contributed by atoms with Crippen molar-refractivity contribution in [2.24, 2.45) is 0 Å². The van der Waals surface area contributed by atoms with Gasteiger partial charge < -0.3 is 14.2 Å². The second kappa shape index (κ2) is 60.9. The number of esters is 3. The molecule has 0 spiro atoms. The average Bonchev–Trinajstić information content (AvgIpc) is 3.39. The summed E-state index contributed by atoms with van der Waals surface area (Å²) in [5, 5.41) is 0. The number of allylic oxidation sites excluding steroid dienone is 16. The van der Waals surface area contributed by atoms with Crippen molar-refractivity contribution in [2.75, 3.05) is 13.2 Å². The van der Waals surface area contributed by atoms with Gasteiger partial charge in [-0.15, -0.1) is 0 Å². The second-order valence-corrected chi connectivity index (χ2v) is 20.2. The molecule has 0 saturated carbocycles. The molecule has 1 atom stereocenters. The van der Waals surface area contributed by atoms with E-state index in [0.717, 1.165) is 141 Å². The monoisotopic (exact) mass is 1010 g/mol. The summed E-state index contributed by atoms with van der Waals surface area (Å²) in [6, 6.07) is 0. The van der Waals surface area contributed by atoms with Crippen LogP contribution in [0.3, 0.4) is 0 Å². The Morgan fingerprint density at radius 3 is 0.890 bits per heavy atom. The number of carbonyl (C=O) groups excluding carboxylic acids is 3. The minimum Gasteiger partial charge on any atom is -0.462 e. The van der Waals surface area contributed by atoms with Crippen LogP contribution < -0.4 is 0 Å². The fourth-order valence-electron chi connectivity index (χ4n) is 8.44. The Morgan fingerprint density at radius 1 is 0.288 bits per heavy atom. The maximum Gasteiger partial charge on any atom is 0.306 e. The van der Waals surface area contributed by atoms with E-state index in [0.29, 0.717) is 19.3 Å². The lowest BCUT2D eigenvalue weighted by Gasteiger charge is -2.18. The standard InChI is InChI=1S/C67H114O6/c1-4-7-10-13-16-19-22-25-27-28-29-30-31-32-33-34-35-36-37-38-40-42-45-48-51-54-57-60-66(69)72-63-64(62-71-65(68)59-56-53-50-47-44-41-24-21-18-15-12-9-6-3)73-67(70)61-58-55-52-49-46-43-39-26-23-20-17-14-11-8-5-2/h8,11-12,15,17,20-22,24-26,28-29,31-32,39,64H,4-7,9-10,13-14,16,18-19,23,27,30,33-38,40-63H2,1-3H3/b11-8-,15-12-,20-17-,24-21-,25-22-,29-28-,32-31-,39-26-. The Balaban J connectivity index is 4.29. The van der Waals surface area contributed by atoms with Crippen LogP contribution in [-0.4, -0.2) is 37.2 Å². The van der Waals surface area contributed by atoms with E-state index in [9.17, 15) is 14.4 Å². The van der Waals surface area contributed by atoms with Crippen LogP contribution in [0.5, 0.6) is 0 Å². The largest absolute Gasteiger partial charge is 0.462 e. The summed E-state index contributed by atoms with van der Waals surface area (Å²) in [5.41, 5.74) is 0. The molecule has 0 amide bonds. The maximum absolute atomic E-state index is 12.9. The molecular weight excluding hydrogens is 901 g/mol. The van der Waals surface area contributed by atoms with Gasteiger partial charge in [0, 0.05) is 19.3 Å². The van der Waals surface area contributed by atoms with Crippen molar-refractivity contribution in [3.63, 3.8) is 0 Å². The number of hydrogen-bond donors (Lipinski definition) is 0. The SMILES string of the molecule is CC/C=C\C/C=C\C/C=C\CCCCCCCC(=O)OC(COC(=O)CCCCCCC/C=C\C/C=C\CCC)COC(=O)CCCCCCCCCCCCCC/C=C\C/C=C\C/C=C\CCCCCCC. The molecule has 0 aromatic heterocycles. The third-order valence-corrected chi connectivity index (χ3v) is 13.0. The molecule has 0 heterocycles. The maximum atomic E-state index is 12.9. The molecule has 0 saturated heterocycles. The van der Waals surface area contributed by atoms with Gasteiger partial charge in [0.05, 0.1) is 0 Å². The van der Waals surface area contributed by atoms with Crippen LogP contribution in [0.1, 0.15) is 290 Å². The van der Waals surface area contributed by atoms with Gasteiger partial charge in [0.15, 0.2) is 6.10 Å². The van der Waals surface area contributed by atoms with Crippen LogP contribution in [-0.2, 0) is 28.6 Å². The van der Waals surface area contributed by atoms with Gasteiger partial charge in [0.1, 0.15) is 13.2 Å². The molecule has 0 aliphatic heterocycles. The molecule has 0 bridgehead atoms. The molecule has 0 aromatic rings. The summed E-state index contributed by atoms with van der Waals surface area (Å²) in [5.74, 6) is -0.919. The van der Waals surface area contributed by atoms with Crippen LogP contribution >= 0.6 is 0 Å². The molecule has 6 nitrogen and oxygen atoms in total. The van der Waals surface area contributed by atoms with Gasteiger partial charge in [-0.3, -0.25) is 14.4 Å². The van der Waals surface area contributed by atoms with Gasteiger partial charge in [-0.1, -0.05) is 253 Å². The van der Waals surface area contributed by atoms with Gasteiger partial charge in [-0.2, -0.15) is 0 Å². The predicted molar refractivity (Wildman–Crippen MR) is 316 cm³/mol. The first kappa shape index (κ1) is 69.3. The minimum atomic E-state index is -0.794. The highest BCUT2D eigenvalue weighted by atomic mass is 16.6. The van der Waals surface area contributed by atoms with E-state index < -0.39 is 6.10 Å². The number of hydrogen-bond acceptors (Lipinski definition) is 6. The molecule has 0 N–H and O–H groups in total. The molecule has 0 aliphatic rings. The first-order valence-corrected chi connectivity index (χ1v) is 30.7. The Bertz CT molecular complexity index is 1440. The third-order valence-electron chi connectivity index (χ3n) is 13.0. The van der Waals surface area contributed by atoms with Crippen molar-refractivity contribution in [1.29, 1.82) is 0 Å². The Labute approximate surface area is 451 Å². The molecular formula is C67H114O6. The number of ether oxygens (including phenoxy) is 3. The molecule has 418 valence electrons. The van der Waals surface area contributed by atoms with E-state index in [4.69, 9.17) is 14.2 Å². The lowest BCUT2D eigenvalue weighted by atomic mass is 10.0. The number of unbranched alkanes of at least 4 members (excludes halogenated alkanes) is 28. The van der Waals surface area contributed by atoms with Crippen molar-refractivity contribution >= 4 is 17.9 Å². The Hall–Kier alpha value is -3.67. The summed E-state index contributed by atoms with van der Waals surface area (Å²) >= 11 is 0.